The second-order valence-corrected chi connectivity index (χ2v) is 4.68. The number of fused-ring (bicyclic) bond motifs is 3. The Balaban J connectivity index is 1.82. The maximum atomic E-state index is 5.91. The fourth-order valence-electron chi connectivity index (χ4n) is 2.42. The molecule has 0 aliphatic carbocycles. The van der Waals surface area contributed by atoms with Crippen molar-refractivity contribution >= 4 is 5.82 Å². The van der Waals surface area contributed by atoms with Crippen LogP contribution in [-0.4, -0.2) is 41.8 Å². The van der Waals surface area contributed by atoms with E-state index in [9.17, 15) is 0 Å². The van der Waals surface area contributed by atoms with Gasteiger partial charge in [0.1, 0.15) is 0 Å². The van der Waals surface area contributed by atoms with Gasteiger partial charge in [-0.2, -0.15) is 0 Å². The van der Waals surface area contributed by atoms with Crippen molar-refractivity contribution in [1.82, 2.24) is 9.88 Å². The molecule has 1 aromatic rings. The number of anilines is 1. The Morgan fingerprint density at radius 3 is 3.12 bits per heavy atom. The fourth-order valence-corrected chi connectivity index (χ4v) is 2.42. The van der Waals surface area contributed by atoms with E-state index < -0.39 is 0 Å². The summed E-state index contributed by atoms with van der Waals surface area (Å²) in [5.41, 5.74) is 0. The molecule has 3 heterocycles. The summed E-state index contributed by atoms with van der Waals surface area (Å²) in [7, 11) is 0. The van der Waals surface area contributed by atoms with Crippen LogP contribution in [0.15, 0.2) is 18.3 Å². The summed E-state index contributed by atoms with van der Waals surface area (Å²) in [6.07, 6.45) is 1.99. The number of nitrogens with zero attached hydrogens (tertiary/aromatic N) is 3. The highest BCUT2D eigenvalue weighted by Crippen LogP contribution is 2.36. The lowest BCUT2D eigenvalue weighted by atomic mass is 10.2. The largest absolute Gasteiger partial charge is 0.465 e. The second kappa shape index (κ2) is 3.63. The van der Waals surface area contributed by atoms with Gasteiger partial charge >= 0.3 is 0 Å². The number of hydrogen-bond donors (Lipinski definition) is 0. The summed E-state index contributed by atoms with van der Waals surface area (Å²) >= 11 is 0. The molecule has 2 aliphatic heterocycles. The average Bonchev–Trinajstić information content (AvgIpc) is 2.66. The van der Waals surface area contributed by atoms with Gasteiger partial charge in [-0.1, -0.05) is 0 Å². The van der Waals surface area contributed by atoms with E-state index in [0.29, 0.717) is 6.04 Å². The summed E-state index contributed by atoms with van der Waals surface area (Å²) in [4.78, 5) is 9.12. The quantitative estimate of drug-likeness (QED) is 0.712. The molecule has 0 radical (unpaired) electrons. The molecule has 1 saturated heterocycles. The molecule has 0 amide bonds. The van der Waals surface area contributed by atoms with Crippen LogP contribution in [-0.2, 0) is 0 Å². The van der Waals surface area contributed by atoms with Crippen molar-refractivity contribution in [2.45, 2.75) is 26.1 Å². The number of ether oxygens (including phenoxy) is 1. The van der Waals surface area contributed by atoms with Gasteiger partial charge in [-0.05, 0) is 26.0 Å². The Bertz CT molecular complexity index is 394. The van der Waals surface area contributed by atoms with Crippen LogP contribution in [0.4, 0.5) is 5.82 Å². The Labute approximate surface area is 95.8 Å². The molecule has 0 spiro atoms. The first-order valence-corrected chi connectivity index (χ1v) is 5.88. The van der Waals surface area contributed by atoms with Crippen molar-refractivity contribution in [1.29, 1.82) is 0 Å². The van der Waals surface area contributed by atoms with E-state index in [4.69, 9.17) is 4.74 Å². The molecule has 86 valence electrons. The van der Waals surface area contributed by atoms with E-state index >= 15 is 0 Å². The minimum Gasteiger partial charge on any atom is -0.465 e. The maximum Gasteiger partial charge on any atom is 0.186 e. The Kier molecular flexibility index (Phi) is 2.24. The van der Waals surface area contributed by atoms with Crippen molar-refractivity contribution in [3.63, 3.8) is 0 Å². The standard InChI is InChI=1S/C12H17N3O/c1-9(2)14-6-7-15-11(8-14)16-10-4-3-5-13-12(10)15/h3-5,9,11H,6-8H2,1-2H3/t11-/m0/s1. The molecule has 0 bridgehead atoms. The molecule has 2 aliphatic rings. The van der Waals surface area contributed by atoms with Gasteiger partial charge in [-0.15, -0.1) is 0 Å². The van der Waals surface area contributed by atoms with Gasteiger partial charge in [0, 0.05) is 25.3 Å². The lowest BCUT2D eigenvalue weighted by Crippen LogP contribution is -2.55. The summed E-state index contributed by atoms with van der Waals surface area (Å²) in [5.74, 6) is 1.94. The number of aromatic nitrogens is 1. The summed E-state index contributed by atoms with van der Waals surface area (Å²) in [6, 6.07) is 4.51. The predicted octanol–water partition coefficient (Wildman–Crippen LogP) is 1.33. The first kappa shape index (κ1) is 9.90. The minimum absolute atomic E-state index is 0.154. The predicted molar refractivity (Wildman–Crippen MR) is 62.7 cm³/mol. The smallest absolute Gasteiger partial charge is 0.186 e. The molecular formula is C12H17N3O. The van der Waals surface area contributed by atoms with Crippen molar-refractivity contribution in [3.05, 3.63) is 18.3 Å². The van der Waals surface area contributed by atoms with Gasteiger partial charge in [0.2, 0.25) is 0 Å². The fraction of sp³-hybridized carbons (Fsp3) is 0.583. The number of rotatable bonds is 1. The van der Waals surface area contributed by atoms with E-state index in [1.165, 1.54) is 0 Å². The third kappa shape index (κ3) is 1.45. The zero-order chi connectivity index (χ0) is 11.1. The lowest BCUT2D eigenvalue weighted by molar-refractivity contribution is 0.0972. The zero-order valence-electron chi connectivity index (χ0n) is 9.76. The molecule has 0 saturated carbocycles. The summed E-state index contributed by atoms with van der Waals surface area (Å²) in [6.45, 7) is 7.53. The second-order valence-electron chi connectivity index (χ2n) is 4.68. The van der Waals surface area contributed by atoms with Crippen LogP contribution < -0.4 is 9.64 Å². The van der Waals surface area contributed by atoms with Crippen LogP contribution in [0, 0.1) is 0 Å². The third-order valence-corrected chi connectivity index (χ3v) is 3.38. The molecule has 0 aromatic carbocycles. The number of hydrogen-bond acceptors (Lipinski definition) is 4. The van der Waals surface area contributed by atoms with Gasteiger partial charge in [-0.25, -0.2) is 4.98 Å². The van der Waals surface area contributed by atoms with E-state index in [0.717, 1.165) is 31.2 Å². The Morgan fingerprint density at radius 2 is 2.31 bits per heavy atom. The van der Waals surface area contributed by atoms with Crippen LogP contribution in [0.25, 0.3) is 0 Å². The third-order valence-electron chi connectivity index (χ3n) is 3.38. The van der Waals surface area contributed by atoms with Gasteiger partial charge < -0.3 is 9.64 Å². The molecular weight excluding hydrogens is 202 g/mol. The van der Waals surface area contributed by atoms with E-state index in [1.807, 2.05) is 18.3 Å². The molecule has 1 aromatic heterocycles. The van der Waals surface area contributed by atoms with Crippen LogP contribution in [0.1, 0.15) is 13.8 Å². The highest BCUT2D eigenvalue weighted by molar-refractivity contribution is 5.56. The normalized spacial score (nSPS) is 24.2. The van der Waals surface area contributed by atoms with Crippen molar-refractivity contribution < 1.29 is 4.74 Å². The molecule has 3 rings (SSSR count). The molecule has 4 heteroatoms. The first-order chi connectivity index (χ1) is 7.75. The maximum absolute atomic E-state index is 5.91. The van der Waals surface area contributed by atoms with Crippen LogP contribution in [0.3, 0.4) is 0 Å². The van der Waals surface area contributed by atoms with E-state index in [-0.39, 0.29) is 6.23 Å². The number of piperazine rings is 1. The van der Waals surface area contributed by atoms with Gasteiger partial charge in [-0.3, -0.25) is 4.90 Å². The Hall–Kier alpha value is -1.29. The molecule has 1 fully saturated rings. The van der Waals surface area contributed by atoms with Crippen molar-refractivity contribution in [3.8, 4) is 5.75 Å². The summed E-state index contributed by atoms with van der Waals surface area (Å²) < 4.78 is 5.91. The highest BCUT2D eigenvalue weighted by atomic mass is 16.5. The van der Waals surface area contributed by atoms with Crippen molar-refractivity contribution in [2.75, 3.05) is 24.5 Å². The summed E-state index contributed by atoms with van der Waals surface area (Å²) in [5, 5.41) is 0. The van der Waals surface area contributed by atoms with Gasteiger partial charge in [0.25, 0.3) is 0 Å². The molecule has 0 N–H and O–H groups in total. The minimum atomic E-state index is 0.154. The van der Waals surface area contributed by atoms with E-state index in [2.05, 4.69) is 28.6 Å². The first-order valence-electron chi connectivity index (χ1n) is 5.88. The molecule has 4 nitrogen and oxygen atoms in total. The van der Waals surface area contributed by atoms with Crippen LogP contribution >= 0.6 is 0 Å². The monoisotopic (exact) mass is 219 g/mol. The van der Waals surface area contributed by atoms with Crippen LogP contribution in [0.2, 0.25) is 0 Å². The highest BCUT2D eigenvalue weighted by Gasteiger charge is 2.36. The Morgan fingerprint density at radius 1 is 1.44 bits per heavy atom. The van der Waals surface area contributed by atoms with Crippen LogP contribution in [0.5, 0.6) is 5.75 Å². The van der Waals surface area contributed by atoms with Gasteiger partial charge in [0.15, 0.2) is 17.8 Å². The number of pyridine rings is 1. The van der Waals surface area contributed by atoms with E-state index in [1.54, 1.807) is 0 Å². The molecule has 16 heavy (non-hydrogen) atoms. The molecule has 1 atom stereocenters. The lowest BCUT2D eigenvalue weighted by Gasteiger charge is -2.38. The zero-order valence-corrected chi connectivity index (χ0v) is 9.76. The molecule has 0 unspecified atom stereocenters. The SMILES string of the molecule is CC(C)N1CCN2c3ncccc3O[C@H]2C1. The van der Waals surface area contributed by atoms with Gasteiger partial charge in [0.05, 0.1) is 6.54 Å². The average molecular weight is 219 g/mol. The topological polar surface area (TPSA) is 28.6 Å². The van der Waals surface area contributed by atoms with Crippen molar-refractivity contribution in [2.24, 2.45) is 0 Å².